The molecule has 0 aromatic heterocycles. The van der Waals surface area contributed by atoms with Gasteiger partial charge in [0.1, 0.15) is 0 Å². The summed E-state index contributed by atoms with van der Waals surface area (Å²) in [4.78, 5) is 0. The first-order chi connectivity index (χ1) is 9.95. The monoisotopic (exact) mass is 270 g/mol. The zero-order valence-corrected chi connectivity index (χ0v) is 11.8. The lowest BCUT2D eigenvalue weighted by Crippen LogP contribution is -2.71. The van der Waals surface area contributed by atoms with Crippen molar-refractivity contribution in [1.29, 1.82) is 0 Å². The van der Waals surface area contributed by atoms with E-state index in [0.29, 0.717) is 6.71 Å². The first-order valence-corrected chi connectivity index (χ1v) is 8.36. The van der Waals surface area contributed by atoms with Crippen LogP contribution in [0.5, 0.6) is 0 Å². The molecule has 0 fully saturated rings. The molecule has 3 aromatic carbocycles. The molecule has 0 aliphatic carbocycles. The van der Waals surface area contributed by atoms with E-state index in [1.807, 2.05) is 0 Å². The molecule has 3 aliphatic rings. The maximum Gasteiger partial charge on any atom is 0.243 e. The van der Waals surface area contributed by atoms with Gasteiger partial charge in [-0.15, -0.1) is 0 Å². The average molecular weight is 270 g/mol. The van der Waals surface area contributed by atoms with Crippen LogP contribution in [0.4, 0.5) is 0 Å². The Labute approximate surface area is 120 Å². The molecule has 0 saturated carbocycles. The molecule has 2 bridgehead atoms. The average Bonchev–Trinajstić information content (AvgIpc) is 2.54. The molecule has 0 amide bonds. The van der Waals surface area contributed by atoms with E-state index in [9.17, 15) is 0 Å². The van der Waals surface area contributed by atoms with Crippen LogP contribution < -0.4 is 32.3 Å². The van der Waals surface area contributed by atoms with Crippen LogP contribution in [0.2, 0.25) is 0 Å². The number of hydrogen-bond donors (Lipinski definition) is 0. The third-order valence-corrected chi connectivity index (χ3v) is 7.13. The third kappa shape index (κ3) is 1.22. The molecular weight excluding hydrogens is 258 g/mol. The van der Waals surface area contributed by atoms with Crippen LogP contribution in [-0.4, -0.2) is 6.71 Å². The summed E-state index contributed by atoms with van der Waals surface area (Å²) in [5, 5.41) is 4.68. The molecule has 0 radical (unpaired) electrons. The fourth-order valence-electron chi connectivity index (χ4n) is 3.70. The molecular formula is C18H12BP. The van der Waals surface area contributed by atoms with Gasteiger partial charge >= 0.3 is 0 Å². The van der Waals surface area contributed by atoms with Crippen LogP contribution in [0.1, 0.15) is 0 Å². The minimum Gasteiger partial charge on any atom is -0.0663 e. The minimum atomic E-state index is -0.351. The van der Waals surface area contributed by atoms with Crippen molar-refractivity contribution in [2.24, 2.45) is 0 Å². The van der Waals surface area contributed by atoms with Crippen molar-refractivity contribution in [3.05, 3.63) is 72.8 Å². The van der Waals surface area contributed by atoms with E-state index in [-0.39, 0.29) is 7.92 Å². The van der Waals surface area contributed by atoms with Crippen molar-refractivity contribution >= 4 is 46.9 Å². The molecule has 3 heterocycles. The second-order valence-electron chi connectivity index (χ2n) is 5.44. The molecule has 0 saturated heterocycles. The highest BCUT2D eigenvalue weighted by Gasteiger charge is 2.42. The summed E-state index contributed by atoms with van der Waals surface area (Å²) in [7, 11) is -0.351. The SMILES string of the molecule is c1ccc2c(c1)B1c3ccccc3P2c2ccccc21. The molecule has 3 aromatic rings. The van der Waals surface area contributed by atoms with Crippen molar-refractivity contribution < 1.29 is 0 Å². The van der Waals surface area contributed by atoms with E-state index in [2.05, 4.69) is 72.8 Å². The fraction of sp³-hybridized carbons (Fsp3) is 0. The summed E-state index contributed by atoms with van der Waals surface area (Å²) < 4.78 is 0. The summed E-state index contributed by atoms with van der Waals surface area (Å²) in [6.07, 6.45) is 0. The molecule has 0 N–H and O–H groups in total. The van der Waals surface area contributed by atoms with E-state index in [4.69, 9.17) is 0 Å². The molecule has 0 spiro atoms. The van der Waals surface area contributed by atoms with Crippen LogP contribution >= 0.6 is 7.92 Å². The first-order valence-electron chi connectivity index (χ1n) is 7.02. The van der Waals surface area contributed by atoms with Crippen molar-refractivity contribution in [3.8, 4) is 0 Å². The maximum atomic E-state index is 2.33. The Kier molecular flexibility index (Phi) is 2.09. The lowest BCUT2D eigenvalue weighted by atomic mass is 9.36. The second kappa shape index (κ2) is 3.84. The van der Waals surface area contributed by atoms with Crippen LogP contribution in [0, 0.1) is 0 Å². The highest BCUT2D eigenvalue weighted by molar-refractivity contribution is 7.83. The quantitative estimate of drug-likeness (QED) is 0.285. The zero-order chi connectivity index (χ0) is 13.1. The Bertz CT molecular complexity index is 658. The predicted octanol–water partition coefficient (Wildman–Crippen LogP) is 0.588. The van der Waals surface area contributed by atoms with Gasteiger partial charge in [0.25, 0.3) is 0 Å². The van der Waals surface area contributed by atoms with Gasteiger partial charge in [-0.1, -0.05) is 89.2 Å². The minimum absolute atomic E-state index is 0.351. The molecule has 0 atom stereocenters. The Balaban J connectivity index is 1.93. The Morgan fingerprint density at radius 2 is 0.850 bits per heavy atom. The normalized spacial score (nSPS) is 14.7. The van der Waals surface area contributed by atoms with Crippen molar-refractivity contribution in [2.75, 3.05) is 0 Å². The number of benzene rings is 3. The van der Waals surface area contributed by atoms with E-state index in [1.54, 1.807) is 15.9 Å². The van der Waals surface area contributed by atoms with E-state index < -0.39 is 0 Å². The molecule has 6 rings (SSSR count). The fourth-order valence-corrected chi connectivity index (χ4v) is 6.57. The van der Waals surface area contributed by atoms with Gasteiger partial charge < -0.3 is 0 Å². The lowest BCUT2D eigenvalue weighted by Gasteiger charge is -2.40. The largest absolute Gasteiger partial charge is 0.243 e. The third-order valence-electron chi connectivity index (χ3n) is 4.47. The van der Waals surface area contributed by atoms with E-state index in [0.717, 1.165) is 0 Å². The van der Waals surface area contributed by atoms with Crippen molar-refractivity contribution in [1.82, 2.24) is 0 Å². The maximum absolute atomic E-state index is 2.33. The highest BCUT2D eigenvalue weighted by atomic mass is 31.1. The van der Waals surface area contributed by atoms with Gasteiger partial charge in [-0.3, -0.25) is 0 Å². The van der Waals surface area contributed by atoms with Crippen molar-refractivity contribution in [2.45, 2.75) is 0 Å². The topological polar surface area (TPSA) is 0 Å². The standard InChI is InChI=1S/C18H12BP/c1-4-10-16-13(7-1)19-14-8-2-5-11-17(14)20(16)18-12-6-3-9-15(18)19/h1-12H. The van der Waals surface area contributed by atoms with Gasteiger partial charge in [-0.05, 0) is 23.8 Å². The molecule has 2 heteroatoms. The summed E-state index contributed by atoms with van der Waals surface area (Å²) in [6, 6.07) is 27.1. The van der Waals surface area contributed by atoms with Crippen LogP contribution in [0.25, 0.3) is 0 Å². The summed E-state index contributed by atoms with van der Waals surface area (Å²) >= 11 is 0. The van der Waals surface area contributed by atoms with E-state index >= 15 is 0 Å². The molecule has 3 aliphatic heterocycles. The number of rotatable bonds is 0. The molecule has 0 unspecified atom stereocenters. The van der Waals surface area contributed by atoms with Gasteiger partial charge in [0.05, 0.1) is 0 Å². The van der Waals surface area contributed by atoms with Crippen LogP contribution in [-0.2, 0) is 0 Å². The smallest absolute Gasteiger partial charge is 0.0663 e. The molecule has 20 heavy (non-hydrogen) atoms. The first kappa shape index (κ1) is 10.9. The van der Waals surface area contributed by atoms with Gasteiger partial charge in [-0.2, -0.15) is 0 Å². The van der Waals surface area contributed by atoms with Gasteiger partial charge in [0.2, 0.25) is 6.71 Å². The summed E-state index contributed by atoms with van der Waals surface area (Å²) in [5.41, 5.74) is 4.57. The second-order valence-corrected chi connectivity index (χ2v) is 7.56. The highest BCUT2D eigenvalue weighted by Crippen LogP contribution is 2.35. The van der Waals surface area contributed by atoms with Crippen molar-refractivity contribution in [3.63, 3.8) is 0 Å². The Hall–Kier alpha value is -1.85. The van der Waals surface area contributed by atoms with Gasteiger partial charge in [0, 0.05) is 0 Å². The lowest BCUT2D eigenvalue weighted by molar-refractivity contribution is 1.73. The van der Waals surface area contributed by atoms with Crippen LogP contribution in [0.15, 0.2) is 72.8 Å². The van der Waals surface area contributed by atoms with E-state index in [1.165, 1.54) is 16.4 Å². The molecule has 92 valence electrons. The zero-order valence-electron chi connectivity index (χ0n) is 11.0. The summed E-state index contributed by atoms with van der Waals surface area (Å²) in [5.74, 6) is 0. The number of hydrogen-bond acceptors (Lipinski definition) is 0. The Morgan fingerprint density at radius 1 is 0.500 bits per heavy atom. The van der Waals surface area contributed by atoms with Crippen LogP contribution in [0.3, 0.4) is 0 Å². The van der Waals surface area contributed by atoms with Gasteiger partial charge in [-0.25, -0.2) is 0 Å². The van der Waals surface area contributed by atoms with Gasteiger partial charge in [0.15, 0.2) is 0 Å². The molecule has 0 nitrogen and oxygen atoms in total. The predicted molar refractivity (Wildman–Crippen MR) is 89.8 cm³/mol. The Morgan fingerprint density at radius 3 is 1.25 bits per heavy atom. The summed E-state index contributed by atoms with van der Waals surface area (Å²) in [6.45, 7) is 0.436.